The summed E-state index contributed by atoms with van der Waals surface area (Å²) in [6.45, 7) is 4.14. The summed E-state index contributed by atoms with van der Waals surface area (Å²) >= 11 is 8.37. The van der Waals surface area contributed by atoms with Gasteiger partial charge in [-0.05, 0) is 31.6 Å². The Hall–Kier alpha value is -1.13. The van der Waals surface area contributed by atoms with Gasteiger partial charge in [-0.2, -0.15) is 0 Å². The Labute approximate surface area is 127 Å². The molecule has 1 atom stereocenters. The summed E-state index contributed by atoms with van der Waals surface area (Å²) in [6, 6.07) is 8.09. The minimum absolute atomic E-state index is 0.151. The van der Waals surface area contributed by atoms with Crippen molar-refractivity contribution in [2.24, 2.45) is 0 Å². The average Bonchev–Trinajstić information content (AvgIpc) is 2.53. The second-order valence-electron chi connectivity index (χ2n) is 4.52. The molecule has 1 heterocycles. The Kier molecular flexibility index (Phi) is 4.77. The number of hydrogen-bond donors (Lipinski definition) is 1. The van der Waals surface area contributed by atoms with E-state index in [9.17, 15) is 0 Å². The van der Waals surface area contributed by atoms with E-state index in [1.54, 1.807) is 0 Å². The van der Waals surface area contributed by atoms with E-state index >= 15 is 0 Å². The molecule has 19 heavy (non-hydrogen) atoms. The Morgan fingerprint density at radius 1 is 1.37 bits per heavy atom. The van der Waals surface area contributed by atoms with Gasteiger partial charge in [0, 0.05) is 16.5 Å². The molecule has 1 aliphatic rings. The molecule has 0 saturated heterocycles. The first-order valence-electron chi connectivity index (χ1n) is 6.16. The van der Waals surface area contributed by atoms with Crippen molar-refractivity contribution < 1.29 is 4.74 Å². The first-order chi connectivity index (χ1) is 9.11. The van der Waals surface area contributed by atoms with Gasteiger partial charge in [-0.25, -0.2) is 0 Å². The molecule has 0 radical (unpaired) electrons. The maximum absolute atomic E-state index is 6.06. The summed E-state index contributed by atoms with van der Waals surface area (Å²) in [6.07, 6.45) is 3.23. The van der Waals surface area contributed by atoms with Crippen LogP contribution < -0.4 is 5.32 Å². The van der Waals surface area contributed by atoms with Crippen LogP contribution in [0.4, 0.5) is 0 Å². The molecule has 0 aliphatic carbocycles. The Bertz CT molecular complexity index is 534. The molecule has 1 unspecified atom stereocenters. The van der Waals surface area contributed by atoms with E-state index in [4.69, 9.17) is 17.0 Å². The molecule has 1 N–H and O–H groups in total. The minimum atomic E-state index is 0.151. The van der Waals surface area contributed by atoms with Crippen molar-refractivity contribution in [2.75, 3.05) is 0 Å². The second kappa shape index (κ2) is 6.35. The molecule has 100 valence electrons. The summed E-state index contributed by atoms with van der Waals surface area (Å²) in [4.78, 5) is 0. The third-order valence-electron chi connectivity index (χ3n) is 3.01. The maximum Gasteiger partial charge on any atom is 0.150 e. The van der Waals surface area contributed by atoms with Gasteiger partial charge in [0.15, 0.2) is 5.76 Å². The highest BCUT2D eigenvalue weighted by Gasteiger charge is 2.18. The summed E-state index contributed by atoms with van der Waals surface area (Å²) in [5.41, 5.74) is 4.67. The standard InChI is InChI=1S/C15H16BrNOS/c1-10-3-4-11(2)18-15(14(10)17-9-19)12-5-7-13(16)8-6-12/h3,5-9,11H,4H2,1-2H3,(H,17,19). The Morgan fingerprint density at radius 2 is 2.05 bits per heavy atom. The zero-order chi connectivity index (χ0) is 13.8. The van der Waals surface area contributed by atoms with Gasteiger partial charge in [-0.3, -0.25) is 0 Å². The van der Waals surface area contributed by atoms with Crippen LogP contribution in [0.5, 0.6) is 0 Å². The summed E-state index contributed by atoms with van der Waals surface area (Å²) in [7, 11) is 0. The van der Waals surface area contributed by atoms with Gasteiger partial charge in [-0.15, -0.1) is 0 Å². The van der Waals surface area contributed by atoms with Crippen LogP contribution in [0.15, 0.2) is 46.1 Å². The lowest BCUT2D eigenvalue weighted by Crippen LogP contribution is -2.14. The van der Waals surface area contributed by atoms with Crippen LogP contribution in [0.3, 0.4) is 0 Å². The fourth-order valence-corrected chi connectivity index (χ4v) is 2.37. The van der Waals surface area contributed by atoms with Gasteiger partial charge in [-0.1, -0.05) is 46.4 Å². The molecule has 0 saturated carbocycles. The lowest BCUT2D eigenvalue weighted by atomic mass is 10.1. The predicted molar refractivity (Wildman–Crippen MR) is 86.8 cm³/mol. The highest BCUT2D eigenvalue weighted by Crippen LogP contribution is 2.29. The zero-order valence-electron chi connectivity index (χ0n) is 10.9. The Morgan fingerprint density at radius 3 is 2.68 bits per heavy atom. The van der Waals surface area contributed by atoms with Crippen LogP contribution in [0.2, 0.25) is 0 Å². The number of allylic oxidation sites excluding steroid dienone is 1. The van der Waals surface area contributed by atoms with E-state index in [1.165, 1.54) is 5.49 Å². The van der Waals surface area contributed by atoms with Crippen LogP contribution in [0.1, 0.15) is 25.8 Å². The minimum Gasteiger partial charge on any atom is -0.488 e. The molecule has 2 nitrogen and oxygen atoms in total. The summed E-state index contributed by atoms with van der Waals surface area (Å²) < 4.78 is 7.11. The first-order valence-corrected chi connectivity index (χ1v) is 7.42. The lowest BCUT2D eigenvalue weighted by Gasteiger charge is -2.18. The average molecular weight is 338 g/mol. The monoisotopic (exact) mass is 337 g/mol. The van der Waals surface area contributed by atoms with Gasteiger partial charge < -0.3 is 10.1 Å². The maximum atomic E-state index is 6.06. The number of thiocarbonyl (C=S) groups is 1. The van der Waals surface area contributed by atoms with E-state index in [2.05, 4.69) is 41.2 Å². The predicted octanol–water partition coefficient (Wildman–Crippen LogP) is 4.42. The molecule has 1 aromatic rings. The van der Waals surface area contributed by atoms with Gasteiger partial charge in [0.05, 0.1) is 17.3 Å². The quantitative estimate of drug-likeness (QED) is 0.825. The largest absolute Gasteiger partial charge is 0.488 e. The molecule has 1 aliphatic heterocycles. The number of benzene rings is 1. The number of nitrogens with one attached hydrogen (secondary N) is 1. The van der Waals surface area contributed by atoms with Crippen LogP contribution in [-0.4, -0.2) is 11.6 Å². The summed E-state index contributed by atoms with van der Waals surface area (Å²) in [5.74, 6) is 0.854. The van der Waals surface area contributed by atoms with Crippen LogP contribution in [-0.2, 0) is 4.74 Å². The zero-order valence-corrected chi connectivity index (χ0v) is 13.3. The molecular weight excluding hydrogens is 322 g/mol. The van der Waals surface area contributed by atoms with Crippen molar-refractivity contribution in [2.45, 2.75) is 26.4 Å². The van der Waals surface area contributed by atoms with Gasteiger partial charge >= 0.3 is 0 Å². The van der Waals surface area contributed by atoms with Crippen molar-refractivity contribution >= 4 is 39.4 Å². The molecule has 0 fully saturated rings. The van der Waals surface area contributed by atoms with Crippen LogP contribution >= 0.6 is 28.1 Å². The van der Waals surface area contributed by atoms with E-state index in [0.29, 0.717) is 0 Å². The molecule has 0 bridgehead atoms. The topological polar surface area (TPSA) is 21.3 Å². The number of rotatable bonds is 3. The van der Waals surface area contributed by atoms with Gasteiger partial charge in [0.2, 0.25) is 0 Å². The van der Waals surface area contributed by atoms with E-state index in [-0.39, 0.29) is 6.10 Å². The van der Waals surface area contributed by atoms with Crippen molar-refractivity contribution in [3.05, 3.63) is 51.6 Å². The fraction of sp³-hybridized carbons (Fsp3) is 0.267. The summed E-state index contributed by atoms with van der Waals surface area (Å²) in [5, 5.41) is 3.12. The Balaban J connectivity index is 2.51. The van der Waals surface area contributed by atoms with E-state index in [1.807, 2.05) is 24.3 Å². The van der Waals surface area contributed by atoms with Crippen LogP contribution in [0, 0.1) is 0 Å². The number of ether oxygens (including phenoxy) is 1. The normalized spacial score (nSPS) is 19.3. The smallest absolute Gasteiger partial charge is 0.150 e. The molecule has 0 amide bonds. The third-order valence-corrected chi connectivity index (χ3v) is 3.65. The van der Waals surface area contributed by atoms with E-state index in [0.717, 1.165) is 33.5 Å². The van der Waals surface area contributed by atoms with Crippen molar-refractivity contribution in [1.82, 2.24) is 5.32 Å². The van der Waals surface area contributed by atoms with E-state index < -0.39 is 0 Å². The molecular formula is C15H16BrNOS. The van der Waals surface area contributed by atoms with Crippen molar-refractivity contribution in [3.63, 3.8) is 0 Å². The molecule has 2 rings (SSSR count). The fourth-order valence-electron chi connectivity index (χ4n) is 1.98. The molecule has 1 aromatic carbocycles. The molecule has 0 spiro atoms. The second-order valence-corrected chi connectivity index (χ2v) is 5.68. The molecule has 0 aromatic heterocycles. The lowest BCUT2D eigenvalue weighted by molar-refractivity contribution is 0.188. The van der Waals surface area contributed by atoms with Crippen molar-refractivity contribution in [1.29, 1.82) is 0 Å². The van der Waals surface area contributed by atoms with Gasteiger partial charge in [0.25, 0.3) is 0 Å². The highest BCUT2D eigenvalue weighted by atomic mass is 79.9. The molecule has 4 heteroatoms. The van der Waals surface area contributed by atoms with Crippen LogP contribution in [0.25, 0.3) is 5.76 Å². The first kappa shape index (κ1) is 14.3. The SMILES string of the molecule is CC1=CCC(C)OC(c2ccc(Br)cc2)=C1NC=S. The number of hydrogen-bond acceptors (Lipinski definition) is 2. The number of halogens is 1. The van der Waals surface area contributed by atoms with Crippen molar-refractivity contribution in [3.8, 4) is 0 Å². The highest BCUT2D eigenvalue weighted by molar-refractivity contribution is 9.10. The van der Waals surface area contributed by atoms with Gasteiger partial charge in [0.1, 0.15) is 0 Å². The third kappa shape index (κ3) is 3.45.